The van der Waals surface area contributed by atoms with Gasteiger partial charge >= 0.3 is 0 Å². The highest BCUT2D eigenvalue weighted by Crippen LogP contribution is 2.36. The molecule has 6 heteroatoms. The highest BCUT2D eigenvalue weighted by Gasteiger charge is 2.47. The van der Waals surface area contributed by atoms with Crippen molar-refractivity contribution in [2.75, 3.05) is 10.6 Å². The summed E-state index contributed by atoms with van der Waals surface area (Å²) in [7, 11) is 0. The standard InChI is InChI=1S/C18H17ClN2O3/c1-10-5-4-6-11(2)15(10)21-17(23)18(3)16(22)20-13-9-12(19)7-8-14(13)24-18/h4-9H,1-3H3,(H,20,22)(H,21,23). The van der Waals surface area contributed by atoms with Gasteiger partial charge in [-0.2, -0.15) is 0 Å². The molecule has 2 aromatic carbocycles. The minimum Gasteiger partial charge on any atom is -0.466 e. The van der Waals surface area contributed by atoms with Gasteiger partial charge in [-0.25, -0.2) is 0 Å². The van der Waals surface area contributed by atoms with Gasteiger partial charge in [0.25, 0.3) is 17.4 Å². The van der Waals surface area contributed by atoms with Gasteiger partial charge in [-0.15, -0.1) is 0 Å². The molecule has 2 aromatic rings. The summed E-state index contributed by atoms with van der Waals surface area (Å²) in [5, 5.41) is 5.96. The quantitative estimate of drug-likeness (QED) is 0.816. The van der Waals surface area contributed by atoms with Crippen LogP contribution in [0.3, 0.4) is 0 Å². The van der Waals surface area contributed by atoms with E-state index >= 15 is 0 Å². The van der Waals surface area contributed by atoms with Crippen molar-refractivity contribution in [3.63, 3.8) is 0 Å². The van der Waals surface area contributed by atoms with E-state index in [-0.39, 0.29) is 0 Å². The van der Waals surface area contributed by atoms with Crippen LogP contribution in [0.2, 0.25) is 5.02 Å². The van der Waals surface area contributed by atoms with E-state index in [0.717, 1.165) is 11.1 Å². The molecule has 5 nitrogen and oxygen atoms in total. The molecule has 0 radical (unpaired) electrons. The number of hydrogen-bond donors (Lipinski definition) is 2. The minimum absolute atomic E-state index is 0.401. The average Bonchev–Trinajstić information content (AvgIpc) is 2.52. The Morgan fingerprint density at radius 3 is 2.54 bits per heavy atom. The Kier molecular flexibility index (Phi) is 3.97. The molecule has 0 saturated heterocycles. The number of amides is 2. The molecular formula is C18H17ClN2O3. The Morgan fingerprint density at radius 2 is 1.88 bits per heavy atom. The highest BCUT2D eigenvalue weighted by atomic mass is 35.5. The fourth-order valence-corrected chi connectivity index (χ4v) is 2.76. The summed E-state index contributed by atoms with van der Waals surface area (Å²) in [6.45, 7) is 5.23. The van der Waals surface area contributed by atoms with Gasteiger partial charge in [0.1, 0.15) is 5.75 Å². The summed E-state index contributed by atoms with van der Waals surface area (Å²) in [4.78, 5) is 25.2. The Bertz CT molecular complexity index is 830. The average molecular weight is 345 g/mol. The Morgan fingerprint density at radius 1 is 1.21 bits per heavy atom. The molecule has 3 rings (SSSR count). The second-order valence-corrected chi connectivity index (χ2v) is 6.39. The van der Waals surface area contributed by atoms with Crippen LogP contribution in [0.25, 0.3) is 0 Å². The maximum atomic E-state index is 12.8. The molecule has 2 N–H and O–H groups in total. The normalized spacial score (nSPS) is 19.1. The van der Waals surface area contributed by atoms with Crippen LogP contribution in [-0.4, -0.2) is 17.4 Å². The predicted octanol–water partition coefficient (Wildman–Crippen LogP) is 3.69. The molecule has 1 aliphatic heterocycles. The van der Waals surface area contributed by atoms with Gasteiger partial charge in [-0.05, 0) is 50.1 Å². The van der Waals surface area contributed by atoms with E-state index < -0.39 is 17.4 Å². The monoisotopic (exact) mass is 344 g/mol. The number of fused-ring (bicyclic) bond motifs is 1. The molecule has 24 heavy (non-hydrogen) atoms. The molecule has 2 amide bonds. The second kappa shape index (κ2) is 5.83. The van der Waals surface area contributed by atoms with E-state index in [2.05, 4.69) is 10.6 Å². The number of carbonyl (C=O) groups excluding carboxylic acids is 2. The van der Waals surface area contributed by atoms with Crippen molar-refractivity contribution in [2.45, 2.75) is 26.4 Å². The Balaban J connectivity index is 1.92. The van der Waals surface area contributed by atoms with E-state index in [4.69, 9.17) is 16.3 Å². The van der Waals surface area contributed by atoms with Crippen molar-refractivity contribution in [3.05, 3.63) is 52.5 Å². The zero-order chi connectivity index (χ0) is 17.5. The van der Waals surface area contributed by atoms with E-state index in [1.807, 2.05) is 32.0 Å². The number of hydrogen-bond acceptors (Lipinski definition) is 3. The van der Waals surface area contributed by atoms with E-state index in [0.29, 0.717) is 22.1 Å². The molecule has 1 aliphatic rings. The van der Waals surface area contributed by atoms with Crippen LogP contribution in [-0.2, 0) is 9.59 Å². The summed E-state index contributed by atoms with van der Waals surface area (Å²) in [6, 6.07) is 10.5. The van der Waals surface area contributed by atoms with Gasteiger partial charge in [0.15, 0.2) is 0 Å². The van der Waals surface area contributed by atoms with Crippen LogP contribution in [0.1, 0.15) is 18.1 Å². The van der Waals surface area contributed by atoms with Gasteiger partial charge in [-0.3, -0.25) is 9.59 Å². The molecular weight excluding hydrogens is 328 g/mol. The molecule has 1 unspecified atom stereocenters. The summed E-state index contributed by atoms with van der Waals surface area (Å²) >= 11 is 5.91. The molecule has 1 heterocycles. The maximum Gasteiger partial charge on any atom is 0.278 e. The van der Waals surface area contributed by atoms with E-state index in [9.17, 15) is 9.59 Å². The lowest BCUT2D eigenvalue weighted by Crippen LogP contribution is -2.56. The number of aryl methyl sites for hydroxylation is 2. The maximum absolute atomic E-state index is 12.8. The van der Waals surface area contributed by atoms with Crippen molar-refractivity contribution in [3.8, 4) is 5.75 Å². The number of halogens is 1. The lowest BCUT2D eigenvalue weighted by Gasteiger charge is -2.33. The summed E-state index contributed by atoms with van der Waals surface area (Å²) in [6.07, 6.45) is 0. The first-order chi connectivity index (χ1) is 11.3. The second-order valence-electron chi connectivity index (χ2n) is 5.95. The SMILES string of the molecule is Cc1cccc(C)c1NC(=O)C1(C)Oc2ccc(Cl)cc2NC1=O. The van der Waals surface area contributed by atoms with Crippen molar-refractivity contribution in [2.24, 2.45) is 0 Å². The smallest absolute Gasteiger partial charge is 0.278 e. The largest absolute Gasteiger partial charge is 0.466 e. The number of anilines is 2. The molecule has 0 fully saturated rings. The number of ether oxygens (including phenoxy) is 1. The molecule has 0 saturated carbocycles. The van der Waals surface area contributed by atoms with Crippen LogP contribution < -0.4 is 15.4 Å². The first-order valence-electron chi connectivity index (χ1n) is 7.49. The number of rotatable bonds is 2. The van der Waals surface area contributed by atoms with Crippen molar-refractivity contribution >= 4 is 34.8 Å². The number of carbonyl (C=O) groups is 2. The van der Waals surface area contributed by atoms with Gasteiger partial charge in [-0.1, -0.05) is 29.8 Å². The fraction of sp³-hybridized carbons (Fsp3) is 0.222. The van der Waals surface area contributed by atoms with Gasteiger partial charge in [0.2, 0.25) is 0 Å². The lowest BCUT2D eigenvalue weighted by molar-refractivity contribution is -0.143. The Hall–Kier alpha value is -2.53. The van der Waals surface area contributed by atoms with Crippen molar-refractivity contribution < 1.29 is 14.3 Å². The van der Waals surface area contributed by atoms with Crippen LogP contribution in [0, 0.1) is 13.8 Å². The fourth-order valence-electron chi connectivity index (χ4n) is 2.59. The molecule has 124 valence electrons. The first kappa shape index (κ1) is 16.3. The third-order valence-electron chi connectivity index (χ3n) is 4.09. The molecule has 0 spiro atoms. The van der Waals surface area contributed by atoms with Crippen LogP contribution in [0.5, 0.6) is 5.75 Å². The summed E-state index contributed by atoms with van der Waals surface area (Å²) in [5.41, 5.74) is 1.29. The van der Waals surface area contributed by atoms with Crippen molar-refractivity contribution in [1.82, 2.24) is 0 Å². The summed E-state index contributed by atoms with van der Waals surface area (Å²) < 4.78 is 5.72. The third-order valence-corrected chi connectivity index (χ3v) is 4.33. The zero-order valence-electron chi connectivity index (χ0n) is 13.6. The number of benzene rings is 2. The van der Waals surface area contributed by atoms with Crippen LogP contribution in [0.15, 0.2) is 36.4 Å². The number of nitrogens with one attached hydrogen (secondary N) is 2. The highest BCUT2D eigenvalue weighted by molar-refractivity contribution is 6.31. The van der Waals surface area contributed by atoms with Crippen LogP contribution in [0.4, 0.5) is 11.4 Å². The molecule has 0 aliphatic carbocycles. The van der Waals surface area contributed by atoms with Crippen molar-refractivity contribution in [1.29, 1.82) is 0 Å². The minimum atomic E-state index is -1.67. The van der Waals surface area contributed by atoms with Crippen LogP contribution >= 0.6 is 11.6 Å². The Labute approximate surface area is 145 Å². The van der Waals surface area contributed by atoms with Gasteiger partial charge < -0.3 is 15.4 Å². The van der Waals surface area contributed by atoms with Gasteiger partial charge in [0.05, 0.1) is 5.69 Å². The number of para-hydroxylation sites is 1. The molecule has 1 atom stereocenters. The van der Waals surface area contributed by atoms with E-state index in [1.165, 1.54) is 6.92 Å². The lowest BCUT2D eigenvalue weighted by atomic mass is 10.0. The molecule has 0 bridgehead atoms. The topological polar surface area (TPSA) is 67.4 Å². The molecule has 0 aromatic heterocycles. The third kappa shape index (κ3) is 2.71. The zero-order valence-corrected chi connectivity index (χ0v) is 14.3. The predicted molar refractivity (Wildman–Crippen MR) is 93.7 cm³/mol. The van der Waals surface area contributed by atoms with Gasteiger partial charge in [0, 0.05) is 10.7 Å². The first-order valence-corrected chi connectivity index (χ1v) is 7.87. The summed E-state index contributed by atoms with van der Waals surface area (Å²) in [5.74, 6) is -0.669. The van der Waals surface area contributed by atoms with E-state index in [1.54, 1.807) is 18.2 Å².